The van der Waals surface area contributed by atoms with Crippen molar-refractivity contribution >= 4 is 0 Å². The normalized spacial score (nSPS) is 20.1. The van der Waals surface area contributed by atoms with Crippen LogP contribution in [0.5, 0.6) is 0 Å². The molecule has 0 saturated carbocycles. The Labute approximate surface area is 102 Å². The molecule has 1 aliphatic rings. The molecule has 2 rings (SSSR count). The van der Waals surface area contributed by atoms with E-state index in [0.717, 1.165) is 0 Å². The van der Waals surface area contributed by atoms with Gasteiger partial charge in [0.05, 0.1) is 5.69 Å². The summed E-state index contributed by atoms with van der Waals surface area (Å²) in [5.74, 6) is -0.0769. The van der Waals surface area contributed by atoms with Gasteiger partial charge in [0, 0.05) is 37.9 Å². The van der Waals surface area contributed by atoms with Gasteiger partial charge < -0.3 is 9.84 Å². The molecule has 0 bridgehead atoms. The summed E-state index contributed by atoms with van der Waals surface area (Å²) < 4.78 is 44.2. The Hall–Kier alpha value is -1.08. The second kappa shape index (κ2) is 4.89. The summed E-state index contributed by atoms with van der Waals surface area (Å²) in [5.41, 5.74) is 0.197. The third-order valence-corrected chi connectivity index (χ3v) is 3.10. The molecule has 1 aromatic rings. The number of rotatable bonds is 2. The molecule has 7 heteroatoms. The molecule has 1 N–H and O–H groups in total. The van der Waals surface area contributed by atoms with Crippen molar-refractivity contribution in [2.24, 2.45) is 7.05 Å². The molecule has 1 fully saturated rings. The summed E-state index contributed by atoms with van der Waals surface area (Å²) in [6, 6.07) is 0. The van der Waals surface area contributed by atoms with Crippen LogP contribution in [0.15, 0.2) is 6.20 Å². The standard InChI is InChI=1S/C11H15F3N2O2/c1-16-6-8(10(17)11(12,13)14)9(15-16)7-2-4-18-5-3-7/h6-7,10,17H,2-5H2,1H3. The number of alkyl halides is 3. The highest BCUT2D eigenvalue weighted by Gasteiger charge is 2.42. The molecule has 0 spiro atoms. The van der Waals surface area contributed by atoms with E-state index in [1.807, 2.05) is 0 Å². The zero-order valence-corrected chi connectivity index (χ0v) is 9.94. The molecule has 0 aromatic carbocycles. The third kappa shape index (κ3) is 2.67. The van der Waals surface area contributed by atoms with Crippen LogP contribution in [0.3, 0.4) is 0 Å². The van der Waals surface area contributed by atoms with Crippen LogP contribution in [-0.2, 0) is 11.8 Å². The Kier molecular flexibility index (Phi) is 3.63. The number of aliphatic hydroxyl groups excluding tert-OH is 1. The summed E-state index contributed by atoms with van der Waals surface area (Å²) in [6.07, 6.45) is -4.63. The maximum Gasteiger partial charge on any atom is 0.418 e. The van der Waals surface area contributed by atoms with Gasteiger partial charge in [-0.2, -0.15) is 18.3 Å². The van der Waals surface area contributed by atoms with Crippen LogP contribution < -0.4 is 0 Å². The second-order valence-corrected chi connectivity index (χ2v) is 4.47. The maximum absolute atomic E-state index is 12.6. The van der Waals surface area contributed by atoms with E-state index in [0.29, 0.717) is 31.7 Å². The highest BCUT2D eigenvalue weighted by atomic mass is 19.4. The van der Waals surface area contributed by atoms with E-state index in [9.17, 15) is 18.3 Å². The largest absolute Gasteiger partial charge is 0.418 e. The molecular weight excluding hydrogens is 249 g/mol. The molecular formula is C11H15F3N2O2. The average Bonchev–Trinajstić information content (AvgIpc) is 2.70. The van der Waals surface area contributed by atoms with Crippen molar-refractivity contribution in [3.05, 3.63) is 17.5 Å². The molecule has 1 aromatic heterocycles. The van der Waals surface area contributed by atoms with Crippen LogP contribution in [-0.4, -0.2) is 34.3 Å². The lowest BCUT2D eigenvalue weighted by Crippen LogP contribution is -2.23. The number of aliphatic hydroxyl groups is 1. The lowest BCUT2D eigenvalue weighted by Gasteiger charge is -2.23. The van der Waals surface area contributed by atoms with Gasteiger partial charge in [0.2, 0.25) is 0 Å². The molecule has 4 nitrogen and oxygen atoms in total. The van der Waals surface area contributed by atoms with Crippen molar-refractivity contribution in [1.82, 2.24) is 9.78 Å². The second-order valence-electron chi connectivity index (χ2n) is 4.47. The fourth-order valence-electron chi connectivity index (χ4n) is 2.20. The molecule has 1 unspecified atom stereocenters. The first-order chi connectivity index (χ1) is 8.39. The van der Waals surface area contributed by atoms with Crippen molar-refractivity contribution < 1.29 is 23.0 Å². The molecule has 0 amide bonds. The van der Waals surface area contributed by atoms with Gasteiger partial charge in [-0.1, -0.05) is 0 Å². The van der Waals surface area contributed by atoms with E-state index >= 15 is 0 Å². The minimum absolute atomic E-state index is 0.0769. The fourth-order valence-corrected chi connectivity index (χ4v) is 2.20. The Bertz CT molecular complexity index is 411. The Morgan fingerprint density at radius 1 is 1.44 bits per heavy atom. The summed E-state index contributed by atoms with van der Waals surface area (Å²) in [4.78, 5) is 0. The number of halogens is 3. The number of hydrogen-bond acceptors (Lipinski definition) is 3. The van der Waals surface area contributed by atoms with Gasteiger partial charge in [0.25, 0.3) is 0 Å². The highest BCUT2D eigenvalue weighted by molar-refractivity contribution is 5.25. The van der Waals surface area contributed by atoms with Gasteiger partial charge >= 0.3 is 6.18 Å². The Morgan fingerprint density at radius 3 is 2.61 bits per heavy atom. The third-order valence-electron chi connectivity index (χ3n) is 3.10. The van der Waals surface area contributed by atoms with E-state index in [-0.39, 0.29) is 11.5 Å². The van der Waals surface area contributed by atoms with Crippen LogP contribution >= 0.6 is 0 Å². The monoisotopic (exact) mass is 264 g/mol. The van der Waals surface area contributed by atoms with Crippen LogP contribution in [0.1, 0.15) is 36.1 Å². The van der Waals surface area contributed by atoms with Gasteiger partial charge in [0.15, 0.2) is 6.10 Å². The van der Waals surface area contributed by atoms with Crippen molar-refractivity contribution in [2.45, 2.75) is 31.0 Å². The number of aryl methyl sites for hydroxylation is 1. The Morgan fingerprint density at radius 2 is 2.06 bits per heavy atom. The first-order valence-electron chi connectivity index (χ1n) is 5.75. The van der Waals surface area contributed by atoms with E-state index < -0.39 is 12.3 Å². The summed E-state index contributed by atoms with van der Waals surface area (Å²) in [7, 11) is 1.55. The lowest BCUT2D eigenvalue weighted by molar-refractivity contribution is -0.207. The first-order valence-corrected chi connectivity index (χ1v) is 5.75. The van der Waals surface area contributed by atoms with Gasteiger partial charge in [-0.3, -0.25) is 4.68 Å². The molecule has 1 saturated heterocycles. The average molecular weight is 264 g/mol. The molecule has 1 atom stereocenters. The van der Waals surface area contributed by atoms with Gasteiger partial charge in [-0.25, -0.2) is 0 Å². The van der Waals surface area contributed by atoms with E-state index in [2.05, 4.69) is 5.10 Å². The number of aromatic nitrogens is 2. The number of ether oxygens (including phenoxy) is 1. The van der Waals surface area contributed by atoms with Gasteiger partial charge in [0.1, 0.15) is 0 Å². The summed E-state index contributed by atoms with van der Waals surface area (Å²) in [5, 5.41) is 13.4. The van der Waals surface area contributed by atoms with E-state index in [1.165, 1.54) is 10.9 Å². The summed E-state index contributed by atoms with van der Waals surface area (Å²) >= 11 is 0. The van der Waals surface area contributed by atoms with Gasteiger partial charge in [-0.15, -0.1) is 0 Å². The predicted octanol–water partition coefficient (Wildman–Crippen LogP) is 1.91. The smallest absolute Gasteiger partial charge is 0.381 e. The zero-order valence-electron chi connectivity index (χ0n) is 9.94. The van der Waals surface area contributed by atoms with Crippen LogP contribution in [0, 0.1) is 0 Å². The lowest BCUT2D eigenvalue weighted by atomic mass is 9.92. The molecule has 18 heavy (non-hydrogen) atoms. The number of hydrogen-bond donors (Lipinski definition) is 1. The fraction of sp³-hybridized carbons (Fsp3) is 0.727. The van der Waals surface area contributed by atoms with Crippen LogP contribution in [0.4, 0.5) is 13.2 Å². The molecule has 0 radical (unpaired) electrons. The molecule has 0 aliphatic carbocycles. The van der Waals surface area contributed by atoms with Crippen molar-refractivity contribution in [3.8, 4) is 0 Å². The van der Waals surface area contributed by atoms with Crippen molar-refractivity contribution in [2.75, 3.05) is 13.2 Å². The van der Waals surface area contributed by atoms with E-state index in [1.54, 1.807) is 7.05 Å². The molecule has 1 aliphatic heterocycles. The highest BCUT2D eigenvalue weighted by Crippen LogP contribution is 2.38. The maximum atomic E-state index is 12.6. The minimum atomic E-state index is -4.66. The number of nitrogens with zero attached hydrogens (tertiary/aromatic N) is 2. The van der Waals surface area contributed by atoms with Gasteiger partial charge in [-0.05, 0) is 12.8 Å². The van der Waals surface area contributed by atoms with E-state index in [4.69, 9.17) is 4.74 Å². The summed E-state index contributed by atoms with van der Waals surface area (Å²) in [6.45, 7) is 1.03. The first kappa shape index (κ1) is 13.4. The Balaban J connectivity index is 2.30. The van der Waals surface area contributed by atoms with Crippen LogP contribution in [0.25, 0.3) is 0 Å². The zero-order chi connectivity index (χ0) is 13.3. The topological polar surface area (TPSA) is 47.3 Å². The van der Waals surface area contributed by atoms with Crippen molar-refractivity contribution in [3.63, 3.8) is 0 Å². The quantitative estimate of drug-likeness (QED) is 0.887. The van der Waals surface area contributed by atoms with Crippen molar-refractivity contribution in [1.29, 1.82) is 0 Å². The predicted molar refractivity (Wildman–Crippen MR) is 57.0 cm³/mol. The van der Waals surface area contributed by atoms with Crippen LogP contribution in [0.2, 0.25) is 0 Å². The minimum Gasteiger partial charge on any atom is -0.381 e. The molecule has 102 valence electrons. The SMILES string of the molecule is Cn1cc(C(O)C(F)(F)F)c(C2CCOCC2)n1. The molecule has 2 heterocycles.